The van der Waals surface area contributed by atoms with Gasteiger partial charge in [-0.3, -0.25) is 9.59 Å². The van der Waals surface area contributed by atoms with Crippen molar-refractivity contribution in [3.63, 3.8) is 0 Å². The maximum Gasteiger partial charge on any atom is 0.251 e. The van der Waals surface area contributed by atoms with E-state index in [2.05, 4.69) is 5.32 Å². The molecule has 1 aliphatic heterocycles. The maximum absolute atomic E-state index is 12.5. The molecule has 0 bridgehead atoms. The standard InChI is InChI=1S/C19H20N2O3/c1-24-17-10-6-5-7-14(17)11-12-20-16-13-18(22)21(19(16)23)15-8-3-2-4-9-15/h2-10,16,20H,11-13H2,1H3. The van der Waals surface area contributed by atoms with Crippen molar-refractivity contribution in [2.24, 2.45) is 0 Å². The normalized spacial score (nSPS) is 17.4. The van der Waals surface area contributed by atoms with Crippen LogP contribution in [0.4, 0.5) is 5.69 Å². The van der Waals surface area contributed by atoms with E-state index in [9.17, 15) is 9.59 Å². The highest BCUT2D eigenvalue weighted by Crippen LogP contribution is 2.22. The number of ether oxygens (including phenoxy) is 1. The van der Waals surface area contributed by atoms with Crippen LogP contribution in [0.5, 0.6) is 5.75 Å². The number of carbonyl (C=O) groups is 2. The number of nitrogens with one attached hydrogen (secondary N) is 1. The van der Waals surface area contributed by atoms with Crippen LogP contribution in [0.25, 0.3) is 0 Å². The summed E-state index contributed by atoms with van der Waals surface area (Å²) in [6.45, 7) is 0.604. The lowest BCUT2D eigenvalue weighted by Crippen LogP contribution is -2.39. The third-order valence-corrected chi connectivity index (χ3v) is 4.14. The van der Waals surface area contributed by atoms with Crippen LogP contribution in [0.2, 0.25) is 0 Å². The highest BCUT2D eigenvalue weighted by molar-refractivity contribution is 6.22. The van der Waals surface area contributed by atoms with E-state index in [1.165, 1.54) is 4.90 Å². The van der Waals surface area contributed by atoms with Gasteiger partial charge in [-0.2, -0.15) is 0 Å². The van der Waals surface area contributed by atoms with Gasteiger partial charge in [0.15, 0.2) is 0 Å². The van der Waals surface area contributed by atoms with Crippen molar-refractivity contribution >= 4 is 17.5 Å². The van der Waals surface area contributed by atoms with E-state index in [0.717, 1.165) is 17.7 Å². The third-order valence-electron chi connectivity index (χ3n) is 4.14. The predicted molar refractivity (Wildman–Crippen MR) is 92.0 cm³/mol. The van der Waals surface area contributed by atoms with Crippen LogP contribution in [0.15, 0.2) is 54.6 Å². The fourth-order valence-corrected chi connectivity index (χ4v) is 2.93. The Bertz CT molecular complexity index is 730. The number of nitrogens with zero attached hydrogens (tertiary/aromatic N) is 1. The van der Waals surface area contributed by atoms with E-state index in [1.54, 1.807) is 19.2 Å². The number of rotatable bonds is 6. The Morgan fingerprint density at radius 2 is 1.79 bits per heavy atom. The van der Waals surface area contributed by atoms with Crippen LogP contribution in [0, 0.1) is 0 Å². The van der Waals surface area contributed by atoms with E-state index in [1.807, 2.05) is 42.5 Å². The summed E-state index contributed by atoms with van der Waals surface area (Å²) in [6.07, 6.45) is 0.924. The van der Waals surface area contributed by atoms with E-state index in [-0.39, 0.29) is 18.2 Å². The van der Waals surface area contributed by atoms with E-state index < -0.39 is 6.04 Å². The van der Waals surface area contributed by atoms with Gasteiger partial charge in [-0.25, -0.2) is 4.90 Å². The fraction of sp³-hybridized carbons (Fsp3) is 0.263. The van der Waals surface area contributed by atoms with Gasteiger partial charge >= 0.3 is 0 Å². The van der Waals surface area contributed by atoms with Crippen molar-refractivity contribution < 1.29 is 14.3 Å². The van der Waals surface area contributed by atoms with Gasteiger partial charge in [0.1, 0.15) is 5.75 Å². The molecule has 1 heterocycles. The molecule has 0 radical (unpaired) electrons. The van der Waals surface area contributed by atoms with Crippen molar-refractivity contribution in [1.82, 2.24) is 5.32 Å². The summed E-state index contributed by atoms with van der Waals surface area (Å²) in [5, 5.41) is 3.19. The highest BCUT2D eigenvalue weighted by Gasteiger charge is 2.38. The molecule has 2 amide bonds. The van der Waals surface area contributed by atoms with E-state index in [0.29, 0.717) is 12.2 Å². The van der Waals surface area contributed by atoms with E-state index >= 15 is 0 Å². The van der Waals surface area contributed by atoms with Crippen LogP contribution in [-0.2, 0) is 16.0 Å². The molecule has 1 aliphatic rings. The molecule has 24 heavy (non-hydrogen) atoms. The Balaban J connectivity index is 1.61. The average Bonchev–Trinajstić information content (AvgIpc) is 2.90. The number of methoxy groups -OCH3 is 1. The molecule has 1 saturated heterocycles. The lowest BCUT2D eigenvalue weighted by molar-refractivity contribution is -0.121. The molecule has 124 valence electrons. The lowest BCUT2D eigenvalue weighted by Gasteiger charge is -2.15. The highest BCUT2D eigenvalue weighted by atomic mass is 16.5. The molecule has 0 aliphatic carbocycles. The number of hydrogen-bond acceptors (Lipinski definition) is 4. The second kappa shape index (κ2) is 7.27. The molecule has 0 saturated carbocycles. The van der Waals surface area contributed by atoms with E-state index in [4.69, 9.17) is 4.74 Å². The summed E-state index contributed by atoms with van der Waals surface area (Å²) in [6, 6.07) is 16.4. The van der Waals surface area contributed by atoms with Crippen molar-refractivity contribution in [3.8, 4) is 5.75 Å². The molecule has 0 spiro atoms. The van der Waals surface area contributed by atoms with Gasteiger partial charge in [-0.1, -0.05) is 36.4 Å². The Labute approximate surface area is 141 Å². The van der Waals surface area contributed by atoms with Gasteiger partial charge in [-0.05, 0) is 30.2 Å². The molecule has 1 fully saturated rings. The molecular formula is C19H20N2O3. The first-order chi connectivity index (χ1) is 11.7. The Morgan fingerprint density at radius 3 is 2.54 bits per heavy atom. The number of amides is 2. The summed E-state index contributed by atoms with van der Waals surface area (Å²) in [5.41, 5.74) is 1.70. The smallest absolute Gasteiger partial charge is 0.251 e. The zero-order valence-electron chi connectivity index (χ0n) is 13.6. The monoisotopic (exact) mass is 324 g/mol. The fourth-order valence-electron chi connectivity index (χ4n) is 2.93. The minimum atomic E-state index is -0.465. The maximum atomic E-state index is 12.5. The van der Waals surface area contributed by atoms with Crippen molar-refractivity contribution in [1.29, 1.82) is 0 Å². The van der Waals surface area contributed by atoms with Crippen molar-refractivity contribution in [2.45, 2.75) is 18.9 Å². The van der Waals surface area contributed by atoms with Gasteiger partial charge in [0, 0.05) is 6.54 Å². The third kappa shape index (κ3) is 3.31. The molecule has 1 N–H and O–H groups in total. The largest absolute Gasteiger partial charge is 0.496 e. The van der Waals surface area contributed by atoms with Gasteiger partial charge in [0.05, 0.1) is 25.3 Å². The Kier molecular flexibility index (Phi) is 4.91. The number of hydrogen-bond donors (Lipinski definition) is 1. The van der Waals surface area contributed by atoms with Crippen LogP contribution in [-0.4, -0.2) is 31.5 Å². The van der Waals surface area contributed by atoms with Gasteiger partial charge in [0.25, 0.3) is 5.91 Å². The molecule has 0 aromatic heterocycles. The summed E-state index contributed by atoms with van der Waals surface area (Å²) < 4.78 is 5.32. The van der Waals surface area contributed by atoms with Crippen molar-refractivity contribution in [3.05, 3.63) is 60.2 Å². The quantitative estimate of drug-likeness (QED) is 0.827. The van der Waals surface area contributed by atoms with Gasteiger partial charge < -0.3 is 10.1 Å². The SMILES string of the molecule is COc1ccccc1CCNC1CC(=O)N(c2ccccc2)C1=O. The molecule has 1 unspecified atom stereocenters. The van der Waals surface area contributed by atoms with Crippen LogP contribution in [0.3, 0.4) is 0 Å². The Hall–Kier alpha value is -2.66. The first-order valence-electron chi connectivity index (χ1n) is 7.98. The number of para-hydroxylation sites is 2. The average molecular weight is 324 g/mol. The molecular weight excluding hydrogens is 304 g/mol. The topological polar surface area (TPSA) is 58.6 Å². The molecule has 1 atom stereocenters. The lowest BCUT2D eigenvalue weighted by atomic mass is 10.1. The second-order valence-corrected chi connectivity index (χ2v) is 5.68. The molecule has 3 rings (SSSR count). The van der Waals surface area contributed by atoms with Gasteiger partial charge in [0.2, 0.25) is 5.91 Å². The molecule has 2 aromatic carbocycles. The zero-order chi connectivity index (χ0) is 16.9. The zero-order valence-corrected chi connectivity index (χ0v) is 13.6. The summed E-state index contributed by atoms with van der Waals surface area (Å²) in [4.78, 5) is 25.9. The van der Waals surface area contributed by atoms with Crippen LogP contribution in [0.1, 0.15) is 12.0 Å². The number of imide groups is 1. The number of carbonyl (C=O) groups excluding carboxylic acids is 2. The summed E-state index contributed by atoms with van der Waals surface area (Å²) in [5.74, 6) is 0.478. The number of anilines is 1. The van der Waals surface area contributed by atoms with Crippen LogP contribution >= 0.6 is 0 Å². The second-order valence-electron chi connectivity index (χ2n) is 5.68. The molecule has 5 heteroatoms. The molecule has 5 nitrogen and oxygen atoms in total. The summed E-state index contributed by atoms with van der Waals surface area (Å²) in [7, 11) is 1.64. The minimum Gasteiger partial charge on any atom is -0.496 e. The van der Waals surface area contributed by atoms with Crippen LogP contribution < -0.4 is 15.0 Å². The van der Waals surface area contributed by atoms with Gasteiger partial charge in [-0.15, -0.1) is 0 Å². The number of benzene rings is 2. The minimum absolute atomic E-state index is 0.166. The predicted octanol–water partition coefficient (Wildman–Crippen LogP) is 2.16. The first kappa shape index (κ1) is 16.2. The first-order valence-corrected chi connectivity index (χ1v) is 7.98. The molecule has 2 aromatic rings. The Morgan fingerprint density at radius 1 is 1.08 bits per heavy atom. The summed E-state index contributed by atoms with van der Waals surface area (Å²) >= 11 is 0. The van der Waals surface area contributed by atoms with Crippen molar-refractivity contribution in [2.75, 3.05) is 18.6 Å².